The van der Waals surface area contributed by atoms with Gasteiger partial charge in [0.05, 0.1) is 5.56 Å². The van der Waals surface area contributed by atoms with Gasteiger partial charge in [-0.05, 0) is 49.2 Å². The number of hydrogen-bond acceptors (Lipinski definition) is 2. The summed E-state index contributed by atoms with van der Waals surface area (Å²) in [7, 11) is 0. The van der Waals surface area contributed by atoms with E-state index < -0.39 is 17.5 Å². The smallest absolute Gasteiger partial charge is 0.256 e. The topological polar surface area (TPSA) is 49.4 Å². The number of carbonyl (C=O) groups excluding carboxylic acids is 2. The molecule has 0 saturated carbocycles. The molecule has 0 aliphatic carbocycles. The number of benzene rings is 2. The Labute approximate surface area is 158 Å². The van der Waals surface area contributed by atoms with Gasteiger partial charge in [-0.1, -0.05) is 15.9 Å². The Morgan fingerprint density at radius 2 is 1.69 bits per heavy atom. The normalized spacial score (nSPS) is 15.0. The van der Waals surface area contributed by atoms with Crippen LogP contribution in [0.15, 0.2) is 46.9 Å². The Morgan fingerprint density at radius 3 is 2.31 bits per heavy atom. The lowest BCUT2D eigenvalue weighted by Crippen LogP contribution is -2.46. The largest absolute Gasteiger partial charge is 0.349 e. The summed E-state index contributed by atoms with van der Waals surface area (Å²) in [6, 6.07) is 9.95. The lowest BCUT2D eigenvalue weighted by molar-refractivity contribution is 0.0693. The van der Waals surface area contributed by atoms with Gasteiger partial charge in [0.15, 0.2) is 0 Å². The average Bonchev–Trinajstić information content (AvgIpc) is 2.62. The molecule has 0 aromatic heterocycles. The first-order chi connectivity index (χ1) is 12.4. The molecule has 7 heteroatoms. The summed E-state index contributed by atoms with van der Waals surface area (Å²) in [6.45, 7) is 0.807. The van der Waals surface area contributed by atoms with Crippen molar-refractivity contribution in [2.24, 2.45) is 0 Å². The van der Waals surface area contributed by atoms with E-state index in [2.05, 4.69) is 21.2 Å². The second kappa shape index (κ2) is 7.95. The van der Waals surface area contributed by atoms with Crippen LogP contribution in [-0.2, 0) is 0 Å². The quantitative estimate of drug-likeness (QED) is 0.818. The van der Waals surface area contributed by atoms with Gasteiger partial charge in [-0.3, -0.25) is 9.59 Å². The Balaban J connectivity index is 1.56. The van der Waals surface area contributed by atoms with Gasteiger partial charge >= 0.3 is 0 Å². The molecule has 2 aromatic rings. The molecule has 1 saturated heterocycles. The highest BCUT2D eigenvalue weighted by Crippen LogP contribution is 2.18. The van der Waals surface area contributed by atoms with Crippen LogP contribution in [-0.4, -0.2) is 35.8 Å². The Kier molecular flexibility index (Phi) is 5.66. The van der Waals surface area contributed by atoms with Crippen molar-refractivity contribution in [2.75, 3.05) is 13.1 Å². The van der Waals surface area contributed by atoms with Crippen molar-refractivity contribution in [3.05, 3.63) is 69.7 Å². The minimum absolute atomic E-state index is 0.0479. The SMILES string of the molecule is O=C(NC1CCN(C(=O)c2ccc(F)cc2F)CC1)c1ccc(Br)cc1. The zero-order chi connectivity index (χ0) is 18.7. The molecule has 0 radical (unpaired) electrons. The summed E-state index contributed by atoms with van der Waals surface area (Å²) < 4.78 is 27.7. The van der Waals surface area contributed by atoms with E-state index in [1.165, 1.54) is 4.90 Å². The van der Waals surface area contributed by atoms with Crippen molar-refractivity contribution in [2.45, 2.75) is 18.9 Å². The van der Waals surface area contributed by atoms with E-state index >= 15 is 0 Å². The van der Waals surface area contributed by atoms with Crippen LogP contribution in [0.25, 0.3) is 0 Å². The molecule has 1 N–H and O–H groups in total. The maximum absolute atomic E-state index is 13.8. The molecule has 0 unspecified atom stereocenters. The highest BCUT2D eigenvalue weighted by atomic mass is 79.9. The number of piperidine rings is 1. The van der Waals surface area contributed by atoms with Crippen LogP contribution in [0.3, 0.4) is 0 Å². The lowest BCUT2D eigenvalue weighted by Gasteiger charge is -2.32. The lowest BCUT2D eigenvalue weighted by atomic mass is 10.0. The first-order valence-electron chi connectivity index (χ1n) is 8.25. The third-order valence-electron chi connectivity index (χ3n) is 4.39. The molecule has 1 aliphatic heterocycles. The molecule has 26 heavy (non-hydrogen) atoms. The monoisotopic (exact) mass is 422 g/mol. The van der Waals surface area contributed by atoms with Crippen LogP contribution >= 0.6 is 15.9 Å². The van der Waals surface area contributed by atoms with Crippen molar-refractivity contribution < 1.29 is 18.4 Å². The first-order valence-corrected chi connectivity index (χ1v) is 9.04. The van der Waals surface area contributed by atoms with E-state index in [-0.39, 0.29) is 17.5 Å². The Bertz CT molecular complexity index is 819. The Morgan fingerprint density at radius 1 is 1.04 bits per heavy atom. The fourth-order valence-corrected chi connectivity index (χ4v) is 3.19. The van der Waals surface area contributed by atoms with Gasteiger partial charge < -0.3 is 10.2 Å². The Hall–Kier alpha value is -2.28. The molecule has 1 heterocycles. The minimum atomic E-state index is -0.860. The third-order valence-corrected chi connectivity index (χ3v) is 4.91. The first kappa shape index (κ1) is 18.5. The van der Waals surface area contributed by atoms with E-state index in [4.69, 9.17) is 0 Å². The van der Waals surface area contributed by atoms with Crippen LogP contribution < -0.4 is 5.32 Å². The maximum atomic E-state index is 13.8. The maximum Gasteiger partial charge on any atom is 0.256 e. The predicted octanol–water partition coefficient (Wildman–Crippen LogP) is 3.76. The van der Waals surface area contributed by atoms with E-state index in [0.717, 1.165) is 16.6 Å². The van der Waals surface area contributed by atoms with Gasteiger partial charge in [0.2, 0.25) is 0 Å². The number of rotatable bonds is 3. The predicted molar refractivity (Wildman–Crippen MR) is 96.9 cm³/mol. The summed E-state index contributed by atoms with van der Waals surface area (Å²) in [6.07, 6.45) is 1.16. The standard InChI is InChI=1S/C19H17BrF2N2O2/c20-13-3-1-12(2-4-13)18(25)23-15-7-9-24(10-8-15)19(26)16-6-5-14(21)11-17(16)22/h1-6,11,15H,7-10H2,(H,23,25). The molecule has 0 atom stereocenters. The van der Waals surface area contributed by atoms with Gasteiger partial charge in [0.1, 0.15) is 11.6 Å². The van der Waals surface area contributed by atoms with Gasteiger partial charge in [0, 0.05) is 35.2 Å². The van der Waals surface area contributed by atoms with Crippen molar-refractivity contribution in [3.63, 3.8) is 0 Å². The van der Waals surface area contributed by atoms with E-state index in [1.54, 1.807) is 24.3 Å². The second-order valence-electron chi connectivity index (χ2n) is 6.17. The zero-order valence-corrected chi connectivity index (χ0v) is 15.4. The van der Waals surface area contributed by atoms with Gasteiger partial charge in [-0.15, -0.1) is 0 Å². The van der Waals surface area contributed by atoms with Crippen LogP contribution in [0.1, 0.15) is 33.6 Å². The molecule has 1 aliphatic rings. The molecular formula is C19H17BrF2N2O2. The number of amides is 2. The minimum Gasteiger partial charge on any atom is -0.349 e. The van der Waals surface area contributed by atoms with E-state index in [0.29, 0.717) is 37.6 Å². The molecule has 4 nitrogen and oxygen atoms in total. The van der Waals surface area contributed by atoms with Gasteiger partial charge in [0.25, 0.3) is 11.8 Å². The van der Waals surface area contributed by atoms with Crippen molar-refractivity contribution in [1.29, 1.82) is 0 Å². The fraction of sp³-hybridized carbons (Fsp3) is 0.263. The number of nitrogens with zero attached hydrogens (tertiary/aromatic N) is 1. The summed E-state index contributed by atoms with van der Waals surface area (Å²) in [4.78, 5) is 26.2. The van der Waals surface area contributed by atoms with Crippen LogP contribution in [0.5, 0.6) is 0 Å². The molecule has 2 aromatic carbocycles. The number of carbonyl (C=O) groups is 2. The van der Waals surface area contributed by atoms with Crippen LogP contribution in [0.4, 0.5) is 8.78 Å². The summed E-state index contributed by atoms with van der Waals surface area (Å²) in [5.41, 5.74) is 0.434. The third kappa shape index (κ3) is 4.27. The van der Waals surface area contributed by atoms with Crippen molar-refractivity contribution in [3.8, 4) is 0 Å². The fourth-order valence-electron chi connectivity index (χ4n) is 2.93. The number of halogens is 3. The molecule has 0 spiro atoms. The number of nitrogens with one attached hydrogen (secondary N) is 1. The summed E-state index contributed by atoms with van der Waals surface area (Å²) >= 11 is 3.32. The summed E-state index contributed by atoms with van der Waals surface area (Å²) in [5, 5.41) is 2.96. The van der Waals surface area contributed by atoms with Gasteiger partial charge in [-0.2, -0.15) is 0 Å². The van der Waals surface area contributed by atoms with Gasteiger partial charge in [-0.25, -0.2) is 8.78 Å². The van der Waals surface area contributed by atoms with Crippen LogP contribution in [0, 0.1) is 11.6 Å². The van der Waals surface area contributed by atoms with Crippen molar-refractivity contribution >= 4 is 27.7 Å². The zero-order valence-electron chi connectivity index (χ0n) is 13.8. The number of likely N-dealkylation sites (tertiary alicyclic amines) is 1. The van der Waals surface area contributed by atoms with Crippen molar-refractivity contribution in [1.82, 2.24) is 10.2 Å². The van der Waals surface area contributed by atoms with Crippen LogP contribution in [0.2, 0.25) is 0 Å². The second-order valence-corrected chi connectivity index (χ2v) is 7.09. The molecular weight excluding hydrogens is 406 g/mol. The molecule has 3 rings (SSSR count). The van der Waals surface area contributed by atoms with E-state index in [1.807, 2.05) is 0 Å². The molecule has 2 amide bonds. The molecule has 136 valence electrons. The highest BCUT2D eigenvalue weighted by Gasteiger charge is 2.26. The number of hydrogen-bond donors (Lipinski definition) is 1. The van der Waals surface area contributed by atoms with E-state index in [9.17, 15) is 18.4 Å². The molecule has 0 bridgehead atoms. The average molecular weight is 423 g/mol. The molecule has 1 fully saturated rings. The summed E-state index contributed by atoms with van der Waals surface area (Å²) in [5.74, 6) is -2.19. The highest BCUT2D eigenvalue weighted by molar-refractivity contribution is 9.10.